The highest BCUT2D eigenvalue weighted by atomic mass is 16.3. The van der Waals surface area contributed by atoms with Gasteiger partial charge in [-0.15, -0.1) is 10.2 Å². The van der Waals surface area contributed by atoms with Gasteiger partial charge in [0.05, 0.1) is 18.4 Å². The van der Waals surface area contributed by atoms with Gasteiger partial charge in [-0.05, 0) is 31.5 Å². The maximum absolute atomic E-state index is 10.8. The molecule has 0 aromatic carbocycles. The van der Waals surface area contributed by atoms with E-state index in [1.54, 1.807) is 12.6 Å². The summed E-state index contributed by atoms with van der Waals surface area (Å²) < 4.78 is 7.24. The Morgan fingerprint density at radius 2 is 2.40 bits per heavy atom. The predicted molar refractivity (Wildman–Crippen MR) is 72.9 cm³/mol. The molecule has 6 heteroatoms. The first-order valence-corrected chi connectivity index (χ1v) is 6.95. The first kappa shape index (κ1) is 13.3. The van der Waals surface area contributed by atoms with E-state index in [0.717, 1.165) is 37.5 Å². The van der Waals surface area contributed by atoms with Crippen LogP contribution >= 0.6 is 0 Å². The summed E-state index contributed by atoms with van der Waals surface area (Å²) in [6.45, 7) is 2.37. The molecule has 0 saturated carbocycles. The van der Waals surface area contributed by atoms with E-state index in [4.69, 9.17) is 4.42 Å². The van der Waals surface area contributed by atoms with Crippen molar-refractivity contribution in [2.75, 3.05) is 13.1 Å². The normalized spacial score (nSPS) is 24.1. The number of likely N-dealkylation sites (tertiary alicyclic amines) is 1. The van der Waals surface area contributed by atoms with Gasteiger partial charge in [0, 0.05) is 20.0 Å². The largest absolute Gasteiger partial charge is 0.468 e. The Balaban J connectivity index is 1.66. The van der Waals surface area contributed by atoms with Gasteiger partial charge in [0.25, 0.3) is 0 Å². The predicted octanol–water partition coefficient (Wildman–Crippen LogP) is 0.978. The number of nitrogens with zero attached hydrogens (tertiary/aromatic N) is 4. The van der Waals surface area contributed by atoms with Crippen LogP contribution < -0.4 is 0 Å². The summed E-state index contributed by atoms with van der Waals surface area (Å²) in [5.41, 5.74) is -0.731. The van der Waals surface area contributed by atoms with E-state index in [1.807, 2.05) is 23.7 Å². The van der Waals surface area contributed by atoms with Crippen LogP contribution in [0.25, 0.3) is 0 Å². The SMILES string of the molecule is Cn1cnnc1CC1(O)CCCN(Cc2ccco2)C1. The van der Waals surface area contributed by atoms with Crippen molar-refractivity contribution in [1.29, 1.82) is 0 Å². The van der Waals surface area contributed by atoms with Gasteiger partial charge in [-0.3, -0.25) is 4.90 Å². The lowest BCUT2D eigenvalue weighted by atomic mass is 9.89. The molecule has 1 aliphatic rings. The molecule has 0 aliphatic carbocycles. The molecule has 3 rings (SSSR count). The number of hydrogen-bond donors (Lipinski definition) is 1. The van der Waals surface area contributed by atoms with Crippen molar-refractivity contribution < 1.29 is 9.52 Å². The zero-order valence-electron chi connectivity index (χ0n) is 11.7. The number of β-amino-alcohol motifs (C(OH)–C–C–N with tert-alkyl or cyclic N) is 1. The number of aliphatic hydroxyl groups is 1. The highest BCUT2D eigenvalue weighted by molar-refractivity contribution is 5.01. The van der Waals surface area contributed by atoms with Crippen molar-refractivity contribution in [2.24, 2.45) is 7.05 Å². The molecule has 1 aliphatic heterocycles. The average molecular weight is 276 g/mol. The number of hydrogen-bond acceptors (Lipinski definition) is 5. The summed E-state index contributed by atoms with van der Waals surface area (Å²) in [4.78, 5) is 2.23. The molecule has 108 valence electrons. The molecule has 2 aromatic heterocycles. The van der Waals surface area contributed by atoms with Gasteiger partial charge in [0.2, 0.25) is 0 Å². The monoisotopic (exact) mass is 276 g/mol. The van der Waals surface area contributed by atoms with Crippen LogP contribution in [0.3, 0.4) is 0 Å². The van der Waals surface area contributed by atoms with Crippen molar-refractivity contribution >= 4 is 0 Å². The highest BCUT2D eigenvalue weighted by Crippen LogP contribution is 2.25. The van der Waals surface area contributed by atoms with E-state index in [9.17, 15) is 5.11 Å². The molecule has 1 fully saturated rings. The Labute approximate surface area is 118 Å². The van der Waals surface area contributed by atoms with Crippen LogP contribution in [0.15, 0.2) is 29.1 Å². The molecule has 20 heavy (non-hydrogen) atoms. The second-order valence-electron chi connectivity index (χ2n) is 5.65. The molecule has 0 radical (unpaired) electrons. The lowest BCUT2D eigenvalue weighted by Gasteiger charge is -2.38. The van der Waals surface area contributed by atoms with E-state index in [0.29, 0.717) is 13.0 Å². The van der Waals surface area contributed by atoms with Crippen molar-refractivity contribution in [2.45, 2.75) is 31.4 Å². The number of aryl methyl sites for hydroxylation is 1. The summed E-state index contributed by atoms with van der Waals surface area (Å²) >= 11 is 0. The lowest BCUT2D eigenvalue weighted by molar-refractivity contribution is -0.0359. The summed E-state index contributed by atoms with van der Waals surface area (Å²) in [7, 11) is 1.90. The van der Waals surface area contributed by atoms with Crippen LogP contribution in [0, 0.1) is 0 Å². The number of furan rings is 1. The molecule has 3 heterocycles. The molecule has 1 saturated heterocycles. The van der Waals surface area contributed by atoms with Crippen LogP contribution in [0.1, 0.15) is 24.4 Å². The molecule has 1 N–H and O–H groups in total. The quantitative estimate of drug-likeness (QED) is 0.901. The number of aromatic nitrogens is 3. The summed E-state index contributed by atoms with van der Waals surface area (Å²) in [6.07, 6.45) is 5.68. The molecule has 0 spiro atoms. The Morgan fingerprint density at radius 1 is 1.50 bits per heavy atom. The maximum Gasteiger partial charge on any atom is 0.135 e. The van der Waals surface area contributed by atoms with E-state index in [2.05, 4.69) is 15.1 Å². The highest BCUT2D eigenvalue weighted by Gasteiger charge is 2.34. The van der Waals surface area contributed by atoms with E-state index in [1.165, 1.54) is 0 Å². The standard InChI is InChI=1S/C14H20N4O2/c1-17-11-15-16-13(17)8-14(19)5-3-6-18(10-14)9-12-4-2-7-20-12/h2,4,7,11,19H,3,5-6,8-10H2,1H3. The molecular weight excluding hydrogens is 256 g/mol. The van der Waals surface area contributed by atoms with Crippen LogP contribution in [-0.2, 0) is 20.0 Å². The molecule has 0 amide bonds. The van der Waals surface area contributed by atoms with Crippen LogP contribution in [0.4, 0.5) is 0 Å². The molecule has 1 atom stereocenters. The van der Waals surface area contributed by atoms with Gasteiger partial charge in [-0.25, -0.2) is 0 Å². The average Bonchev–Trinajstić information content (AvgIpc) is 3.02. The first-order valence-electron chi connectivity index (χ1n) is 6.95. The molecule has 6 nitrogen and oxygen atoms in total. The first-order chi connectivity index (χ1) is 9.65. The summed E-state index contributed by atoms with van der Waals surface area (Å²) in [5, 5.41) is 18.8. The smallest absolute Gasteiger partial charge is 0.135 e. The fraction of sp³-hybridized carbons (Fsp3) is 0.571. The zero-order valence-corrected chi connectivity index (χ0v) is 11.7. The summed E-state index contributed by atoms with van der Waals surface area (Å²) in [6, 6.07) is 3.86. The second-order valence-corrected chi connectivity index (χ2v) is 5.65. The Hall–Kier alpha value is -1.66. The minimum Gasteiger partial charge on any atom is -0.468 e. The van der Waals surface area contributed by atoms with Gasteiger partial charge < -0.3 is 14.1 Å². The fourth-order valence-electron chi connectivity index (χ4n) is 2.87. The molecule has 2 aromatic rings. The van der Waals surface area contributed by atoms with Gasteiger partial charge in [0.15, 0.2) is 0 Å². The van der Waals surface area contributed by atoms with Crippen molar-refractivity contribution in [3.8, 4) is 0 Å². The third-order valence-electron chi connectivity index (χ3n) is 3.89. The summed E-state index contributed by atoms with van der Waals surface area (Å²) in [5.74, 6) is 1.76. The van der Waals surface area contributed by atoms with E-state index in [-0.39, 0.29) is 0 Å². The minimum absolute atomic E-state index is 0.540. The third-order valence-corrected chi connectivity index (χ3v) is 3.89. The Bertz CT molecular complexity index is 551. The minimum atomic E-state index is -0.731. The topological polar surface area (TPSA) is 67.3 Å². The number of rotatable bonds is 4. The Kier molecular flexibility index (Phi) is 3.58. The van der Waals surface area contributed by atoms with E-state index >= 15 is 0 Å². The van der Waals surface area contributed by atoms with E-state index < -0.39 is 5.60 Å². The zero-order chi connectivity index (χ0) is 14.0. The van der Waals surface area contributed by atoms with Crippen molar-refractivity contribution in [3.63, 3.8) is 0 Å². The van der Waals surface area contributed by atoms with Crippen LogP contribution in [-0.4, -0.2) is 43.5 Å². The van der Waals surface area contributed by atoms with Gasteiger partial charge in [0.1, 0.15) is 17.9 Å². The lowest BCUT2D eigenvalue weighted by Crippen LogP contribution is -2.49. The van der Waals surface area contributed by atoms with Gasteiger partial charge >= 0.3 is 0 Å². The second kappa shape index (κ2) is 5.38. The Morgan fingerprint density at radius 3 is 3.10 bits per heavy atom. The molecule has 1 unspecified atom stereocenters. The number of piperidine rings is 1. The van der Waals surface area contributed by atoms with Crippen molar-refractivity contribution in [1.82, 2.24) is 19.7 Å². The third kappa shape index (κ3) is 2.91. The van der Waals surface area contributed by atoms with Gasteiger partial charge in [-0.1, -0.05) is 0 Å². The van der Waals surface area contributed by atoms with Crippen molar-refractivity contribution in [3.05, 3.63) is 36.3 Å². The molecular formula is C14H20N4O2. The maximum atomic E-state index is 10.8. The van der Waals surface area contributed by atoms with Gasteiger partial charge in [-0.2, -0.15) is 0 Å². The van der Waals surface area contributed by atoms with Crippen LogP contribution in [0.5, 0.6) is 0 Å². The molecule has 0 bridgehead atoms. The van der Waals surface area contributed by atoms with Crippen LogP contribution in [0.2, 0.25) is 0 Å². The fourth-order valence-corrected chi connectivity index (χ4v) is 2.87.